The van der Waals surface area contributed by atoms with Gasteiger partial charge >= 0.3 is 12.1 Å². The van der Waals surface area contributed by atoms with E-state index >= 15 is 0 Å². The summed E-state index contributed by atoms with van der Waals surface area (Å²) in [5.74, 6) is -2.39. The van der Waals surface area contributed by atoms with E-state index in [-0.39, 0.29) is 25.3 Å². The number of carbonyl (C=O) groups is 4. The molecule has 5 atom stereocenters. The summed E-state index contributed by atoms with van der Waals surface area (Å²) in [5, 5.41) is 25.3. The Labute approximate surface area is 269 Å². The van der Waals surface area contributed by atoms with Gasteiger partial charge in [0.2, 0.25) is 11.8 Å². The minimum Gasteiger partial charge on any atom is -0.479 e. The lowest BCUT2D eigenvalue weighted by Gasteiger charge is -2.30. The maximum Gasteiger partial charge on any atom is 0.408 e. The maximum atomic E-state index is 14.3. The molecule has 248 valence electrons. The van der Waals surface area contributed by atoms with Crippen molar-refractivity contribution in [1.82, 2.24) is 30.5 Å². The van der Waals surface area contributed by atoms with Crippen LogP contribution >= 0.6 is 0 Å². The first kappa shape index (κ1) is 33.2. The Hall–Kier alpha value is -4.22. The van der Waals surface area contributed by atoms with Gasteiger partial charge in [-0.3, -0.25) is 9.59 Å². The minimum absolute atomic E-state index is 0.116. The molecule has 1 saturated heterocycles. The number of carboxylic acids is 1. The van der Waals surface area contributed by atoms with Crippen molar-refractivity contribution >= 4 is 34.9 Å². The highest BCUT2D eigenvalue weighted by Gasteiger charge is 2.61. The van der Waals surface area contributed by atoms with Crippen molar-refractivity contribution < 1.29 is 29.0 Å². The molecular weight excluding hydrogens is 588 g/mol. The number of alkyl carbamates (subject to hydrolysis) is 1. The molecule has 1 aliphatic carbocycles. The van der Waals surface area contributed by atoms with Crippen LogP contribution in [0.1, 0.15) is 88.4 Å². The summed E-state index contributed by atoms with van der Waals surface area (Å²) in [6, 6.07) is -0.373. The fourth-order valence-electron chi connectivity index (χ4n) is 6.62. The molecule has 3 N–H and O–H groups in total. The summed E-state index contributed by atoms with van der Waals surface area (Å²) in [7, 11) is 0. The van der Waals surface area contributed by atoms with Crippen LogP contribution in [0.3, 0.4) is 0 Å². The summed E-state index contributed by atoms with van der Waals surface area (Å²) in [4.78, 5) is 56.5. The van der Waals surface area contributed by atoms with E-state index < -0.39 is 53.1 Å². The number of hydrogen-bond acceptors (Lipinski definition) is 7. The molecule has 2 fully saturated rings. The van der Waals surface area contributed by atoms with Crippen LogP contribution in [0.4, 0.5) is 4.79 Å². The van der Waals surface area contributed by atoms with E-state index in [0.29, 0.717) is 24.8 Å². The maximum absolute atomic E-state index is 14.3. The second kappa shape index (κ2) is 12.9. The molecule has 2 aromatic rings. The van der Waals surface area contributed by atoms with Gasteiger partial charge in [0.15, 0.2) is 0 Å². The van der Waals surface area contributed by atoms with E-state index in [2.05, 4.69) is 17.2 Å². The zero-order valence-electron chi connectivity index (χ0n) is 27.5. The summed E-state index contributed by atoms with van der Waals surface area (Å²) in [6.07, 6.45) is 9.62. The van der Waals surface area contributed by atoms with Crippen molar-refractivity contribution in [2.75, 3.05) is 6.54 Å². The highest BCUT2D eigenvalue weighted by atomic mass is 16.6. The first-order chi connectivity index (χ1) is 21.7. The number of fused-ring (bicyclic) bond motifs is 3. The number of aromatic nitrogens is 3. The fourth-order valence-corrected chi connectivity index (χ4v) is 6.62. The van der Waals surface area contributed by atoms with Gasteiger partial charge in [-0.2, -0.15) is 15.0 Å². The van der Waals surface area contributed by atoms with Crippen LogP contribution in [0.15, 0.2) is 30.9 Å². The van der Waals surface area contributed by atoms with Crippen LogP contribution in [0.2, 0.25) is 0 Å². The van der Waals surface area contributed by atoms with Crippen molar-refractivity contribution in [3.8, 4) is 0 Å². The minimum atomic E-state index is -1.41. The number of allylic oxidation sites excluding steroid dienone is 2. The summed E-state index contributed by atoms with van der Waals surface area (Å²) in [6.45, 7) is 13.3. The summed E-state index contributed by atoms with van der Waals surface area (Å²) in [5.41, 5.74) is 2.49. The lowest BCUT2D eigenvalue weighted by atomic mass is 9.99. The molecule has 0 spiro atoms. The van der Waals surface area contributed by atoms with Crippen molar-refractivity contribution in [2.45, 2.75) is 115 Å². The third-order valence-corrected chi connectivity index (χ3v) is 9.38. The van der Waals surface area contributed by atoms with Gasteiger partial charge < -0.3 is 25.4 Å². The number of nitrogens with zero attached hydrogens (tertiary/aromatic N) is 4. The molecule has 1 aromatic carbocycles. The molecule has 1 aromatic heterocycles. The Morgan fingerprint density at radius 1 is 1.20 bits per heavy atom. The molecule has 3 heterocycles. The Morgan fingerprint density at radius 2 is 1.96 bits per heavy atom. The van der Waals surface area contributed by atoms with Crippen LogP contribution in [0, 0.1) is 19.8 Å². The number of ether oxygens (including phenoxy) is 1. The van der Waals surface area contributed by atoms with Crippen LogP contribution in [0.5, 0.6) is 0 Å². The van der Waals surface area contributed by atoms with Crippen LogP contribution in [-0.2, 0) is 25.5 Å². The Kier molecular flexibility index (Phi) is 9.28. The first-order valence-corrected chi connectivity index (χ1v) is 16.2. The molecule has 1 saturated carbocycles. The molecule has 12 heteroatoms. The van der Waals surface area contributed by atoms with Crippen molar-refractivity contribution in [3.63, 3.8) is 0 Å². The molecule has 3 amide bonds. The van der Waals surface area contributed by atoms with E-state index in [1.54, 1.807) is 25.6 Å². The van der Waals surface area contributed by atoms with Gasteiger partial charge in [-0.1, -0.05) is 31.1 Å². The number of nitrogens with one attached hydrogen (secondary N) is 2. The van der Waals surface area contributed by atoms with Gasteiger partial charge in [0, 0.05) is 18.9 Å². The van der Waals surface area contributed by atoms with Gasteiger partial charge in [-0.05, 0) is 89.5 Å². The Morgan fingerprint density at radius 3 is 2.65 bits per heavy atom. The largest absolute Gasteiger partial charge is 0.479 e. The molecule has 5 rings (SSSR count). The van der Waals surface area contributed by atoms with E-state index in [1.165, 1.54) is 4.90 Å². The van der Waals surface area contributed by atoms with Crippen molar-refractivity contribution in [1.29, 1.82) is 0 Å². The predicted molar refractivity (Wildman–Crippen MR) is 172 cm³/mol. The van der Waals surface area contributed by atoms with Gasteiger partial charge in [-0.15, -0.1) is 6.58 Å². The van der Waals surface area contributed by atoms with E-state index in [4.69, 9.17) is 14.9 Å². The third-order valence-electron chi connectivity index (χ3n) is 9.38. The third kappa shape index (κ3) is 6.80. The number of rotatable bonds is 5. The van der Waals surface area contributed by atoms with Crippen LogP contribution in [-0.4, -0.2) is 78.6 Å². The Balaban J connectivity index is 1.49. The van der Waals surface area contributed by atoms with E-state index in [0.717, 1.165) is 41.5 Å². The average molecular weight is 635 g/mol. The average Bonchev–Trinajstić information content (AvgIpc) is 3.28. The molecule has 3 aliphatic rings. The zero-order valence-corrected chi connectivity index (χ0v) is 27.5. The number of aryl methyl sites for hydroxylation is 1. The van der Waals surface area contributed by atoms with Crippen molar-refractivity contribution in [3.05, 3.63) is 47.6 Å². The highest BCUT2D eigenvalue weighted by molar-refractivity contribution is 5.96. The number of hydrogen-bond donors (Lipinski definition) is 3. The molecule has 46 heavy (non-hydrogen) atoms. The SMILES string of the molecule is C=CCc1cc2nn([C@H]3C[C@H]4C(=O)N[C@@]5(C(=O)O)C[C@H]5/C=C\CCCCC[C@H](NC(=O)OC(C)(C)C)C(=O)N4C3)nc2c(C)c1C. The second-order valence-electron chi connectivity index (χ2n) is 13.9. The summed E-state index contributed by atoms with van der Waals surface area (Å²) >= 11 is 0. The standard InChI is InChI=1S/C34H46N6O6/c1-7-13-22-16-26-28(21(3)20(22)2)38-40(37-26)24-17-27-29(41)36-34(31(43)44)18-23(34)14-11-9-8-10-12-15-25(30(42)39(27)19-24)35-32(45)46-33(4,5)6/h7,11,14,16,23-25,27H,1,8-10,12-13,15,17-19H2,2-6H3,(H,35,45)(H,36,41)(H,43,44)/b14-11-/t23-,24+,25+,27+,34+/m1/s1. The quantitative estimate of drug-likeness (QED) is 0.412. The van der Waals surface area contributed by atoms with Gasteiger partial charge in [0.1, 0.15) is 34.3 Å². The smallest absolute Gasteiger partial charge is 0.408 e. The molecule has 12 nitrogen and oxygen atoms in total. The lowest BCUT2D eigenvalue weighted by Crippen LogP contribution is -2.56. The number of aliphatic carboxylic acids is 1. The fraction of sp³-hybridized carbons (Fsp3) is 0.588. The van der Waals surface area contributed by atoms with Crippen molar-refractivity contribution in [2.24, 2.45) is 5.92 Å². The number of amides is 3. The topological polar surface area (TPSA) is 156 Å². The Bertz CT molecular complexity index is 1570. The van der Waals surface area contributed by atoms with Gasteiger partial charge in [0.05, 0.1) is 6.04 Å². The van der Waals surface area contributed by atoms with Crippen LogP contribution < -0.4 is 10.6 Å². The molecule has 2 aliphatic heterocycles. The van der Waals surface area contributed by atoms with Crippen LogP contribution in [0.25, 0.3) is 11.0 Å². The summed E-state index contributed by atoms with van der Waals surface area (Å²) < 4.78 is 5.47. The monoisotopic (exact) mass is 634 g/mol. The molecular formula is C34H46N6O6. The predicted octanol–water partition coefficient (Wildman–Crippen LogP) is 4.29. The number of benzene rings is 1. The number of carboxylic acid groups (broad SMARTS) is 1. The molecule has 0 radical (unpaired) electrons. The first-order valence-electron chi connectivity index (χ1n) is 16.2. The van der Waals surface area contributed by atoms with Gasteiger partial charge in [-0.25, -0.2) is 9.59 Å². The lowest BCUT2D eigenvalue weighted by molar-refractivity contribution is -0.145. The number of carbonyl (C=O) groups excluding carboxylic acids is 3. The normalized spacial score (nSPS) is 27.9. The van der Waals surface area contributed by atoms with E-state index in [9.17, 15) is 24.3 Å². The highest BCUT2D eigenvalue weighted by Crippen LogP contribution is 2.45. The van der Waals surface area contributed by atoms with E-state index in [1.807, 2.05) is 38.1 Å². The zero-order chi connectivity index (χ0) is 33.4. The molecule has 0 bridgehead atoms. The van der Waals surface area contributed by atoms with Gasteiger partial charge in [0.25, 0.3) is 0 Å². The molecule has 0 unspecified atom stereocenters. The second-order valence-corrected chi connectivity index (χ2v) is 13.9.